The second kappa shape index (κ2) is 6.52. The molecule has 0 spiro atoms. The van der Waals surface area contributed by atoms with E-state index in [4.69, 9.17) is 0 Å². The minimum Gasteiger partial charge on any atom is -0.329 e. The molecule has 0 bridgehead atoms. The first-order valence-corrected chi connectivity index (χ1v) is 3.65. The van der Waals surface area contributed by atoms with Gasteiger partial charge in [0.25, 0.3) is 0 Å². The van der Waals surface area contributed by atoms with E-state index in [1.165, 1.54) is 0 Å². The SMILES string of the molecule is CCCCCC(F)NC=O. The Morgan fingerprint density at radius 1 is 1.60 bits per heavy atom. The molecule has 2 nitrogen and oxygen atoms in total. The van der Waals surface area contributed by atoms with E-state index < -0.39 is 6.30 Å². The summed E-state index contributed by atoms with van der Waals surface area (Å²) in [5, 5.41) is 2.06. The van der Waals surface area contributed by atoms with E-state index in [1.54, 1.807) is 0 Å². The molecule has 0 radical (unpaired) electrons. The molecule has 0 rings (SSSR count). The molecule has 0 aromatic heterocycles. The molecule has 1 unspecified atom stereocenters. The van der Waals surface area contributed by atoms with Crippen molar-refractivity contribution in [3.63, 3.8) is 0 Å². The molecular formula is C7H14FNO. The topological polar surface area (TPSA) is 29.1 Å². The van der Waals surface area contributed by atoms with E-state index in [0.717, 1.165) is 19.3 Å². The van der Waals surface area contributed by atoms with E-state index in [9.17, 15) is 9.18 Å². The molecule has 0 aromatic rings. The summed E-state index contributed by atoms with van der Waals surface area (Å²) in [4.78, 5) is 9.70. The summed E-state index contributed by atoms with van der Waals surface area (Å²) in [5.74, 6) is 0. The molecule has 0 heterocycles. The van der Waals surface area contributed by atoms with Gasteiger partial charge in [-0.05, 0) is 12.8 Å². The second-order valence-electron chi connectivity index (χ2n) is 2.25. The van der Waals surface area contributed by atoms with Gasteiger partial charge in [0.05, 0.1) is 0 Å². The summed E-state index contributed by atoms with van der Waals surface area (Å²) in [6.45, 7) is 2.06. The first-order valence-electron chi connectivity index (χ1n) is 3.65. The van der Waals surface area contributed by atoms with Gasteiger partial charge in [0.1, 0.15) is 0 Å². The maximum Gasteiger partial charge on any atom is 0.209 e. The molecule has 60 valence electrons. The first kappa shape index (κ1) is 9.40. The lowest BCUT2D eigenvalue weighted by atomic mass is 10.2. The smallest absolute Gasteiger partial charge is 0.209 e. The highest BCUT2D eigenvalue weighted by atomic mass is 19.1. The van der Waals surface area contributed by atoms with Gasteiger partial charge in [-0.25, -0.2) is 4.39 Å². The molecule has 0 saturated heterocycles. The fourth-order valence-corrected chi connectivity index (χ4v) is 0.731. The zero-order valence-electron chi connectivity index (χ0n) is 6.27. The molecular weight excluding hydrogens is 133 g/mol. The van der Waals surface area contributed by atoms with Crippen molar-refractivity contribution in [2.75, 3.05) is 0 Å². The Morgan fingerprint density at radius 3 is 2.80 bits per heavy atom. The van der Waals surface area contributed by atoms with E-state index >= 15 is 0 Å². The zero-order chi connectivity index (χ0) is 7.82. The number of halogens is 1. The highest BCUT2D eigenvalue weighted by molar-refractivity contribution is 5.46. The molecule has 1 atom stereocenters. The molecule has 0 aliphatic carbocycles. The molecule has 1 amide bonds. The predicted octanol–water partition coefficient (Wildman–Crippen LogP) is 1.61. The lowest BCUT2D eigenvalue weighted by Gasteiger charge is -2.04. The fraction of sp³-hybridized carbons (Fsp3) is 0.857. The number of carbonyl (C=O) groups excluding carboxylic acids is 1. The zero-order valence-corrected chi connectivity index (χ0v) is 6.27. The van der Waals surface area contributed by atoms with Crippen LogP contribution in [0.3, 0.4) is 0 Å². The van der Waals surface area contributed by atoms with Crippen molar-refractivity contribution >= 4 is 6.41 Å². The number of carbonyl (C=O) groups is 1. The summed E-state index contributed by atoms with van der Waals surface area (Å²) >= 11 is 0. The third kappa shape index (κ3) is 5.54. The second-order valence-corrected chi connectivity index (χ2v) is 2.25. The molecule has 1 N–H and O–H groups in total. The quantitative estimate of drug-likeness (QED) is 0.345. The van der Waals surface area contributed by atoms with Gasteiger partial charge in [-0.3, -0.25) is 4.79 Å². The van der Waals surface area contributed by atoms with Crippen molar-refractivity contribution in [1.82, 2.24) is 5.32 Å². The van der Waals surface area contributed by atoms with Gasteiger partial charge in [-0.15, -0.1) is 0 Å². The van der Waals surface area contributed by atoms with Crippen LogP contribution in [0.15, 0.2) is 0 Å². The number of nitrogens with one attached hydrogen (secondary N) is 1. The van der Waals surface area contributed by atoms with Crippen LogP contribution in [0.4, 0.5) is 4.39 Å². The van der Waals surface area contributed by atoms with Crippen molar-refractivity contribution in [3.05, 3.63) is 0 Å². The van der Waals surface area contributed by atoms with Gasteiger partial charge in [-0.2, -0.15) is 0 Å². The van der Waals surface area contributed by atoms with Crippen molar-refractivity contribution in [2.45, 2.75) is 38.9 Å². The Bertz CT molecular complexity index is 87.7. The van der Waals surface area contributed by atoms with Crippen LogP contribution in [0.5, 0.6) is 0 Å². The lowest BCUT2D eigenvalue weighted by molar-refractivity contribution is -0.111. The predicted molar refractivity (Wildman–Crippen MR) is 38.2 cm³/mol. The van der Waals surface area contributed by atoms with Crippen LogP contribution >= 0.6 is 0 Å². The maximum atomic E-state index is 12.4. The average Bonchev–Trinajstić information content (AvgIpc) is 1.89. The van der Waals surface area contributed by atoms with Crippen LogP contribution in [0.2, 0.25) is 0 Å². The van der Waals surface area contributed by atoms with Crippen LogP contribution in [-0.2, 0) is 4.79 Å². The monoisotopic (exact) mass is 147 g/mol. The molecule has 0 aliphatic heterocycles. The Kier molecular flexibility index (Phi) is 6.13. The number of alkyl halides is 1. The van der Waals surface area contributed by atoms with Crippen molar-refractivity contribution in [3.8, 4) is 0 Å². The van der Waals surface area contributed by atoms with Crippen LogP contribution in [0.25, 0.3) is 0 Å². The van der Waals surface area contributed by atoms with Gasteiger partial charge >= 0.3 is 0 Å². The minimum atomic E-state index is -1.15. The number of hydrogen-bond donors (Lipinski definition) is 1. The summed E-state index contributed by atoms with van der Waals surface area (Å²) in [7, 11) is 0. The van der Waals surface area contributed by atoms with Crippen molar-refractivity contribution in [1.29, 1.82) is 0 Å². The Hall–Kier alpha value is -0.600. The van der Waals surface area contributed by atoms with Crippen LogP contribution in [-0.4, -0.2) is 12.7 Å². The van der Waals surface area contributed by atoms with Gasteiger partial charge in [0, 0.05) is 0 Å². The van der Waals surface area contributed by atoms with Crippen LogP contribution in [0, 0.1) is 0 Å². The number of amides is 1. The largest absolute Gasteiger partial charge is 0.329 e. The normalized spacial score (nSPS) is 12.6. The summed E-state index contributed by atoms with van der Waals surface area (Å²) in [5.41, 5.74) is 0. The standard InChI is InChI=1S/C7H14FNO/c1-2-3-4-5-7(8)9-6-10/h6-7H,2-5H2,1H3,(H,9,10). The molecule has 3 heteroatoms. The van der Waals surface area contributed by atoms with Gasteiger partial charge in [-0.1, -0.05) is 19.8 Å². The summed E-state index contributed by atoms with van der Waals surface area (Å²) in [6.07, 6.45) is 2.64. The van der Waals surface area contributed by atoms with E-state index in [1.807, 2.05) is 0 Å². The average molecular weight is 147 g/mol. The van der Waals surface area contributed by atoms with Crippen molar-refractivity contribution in [2.24, 2.45) is 0 Å². The third-order valence-electron chi connectivity index (χ3n) is 1.31. The van der Waals surface area contributed by atoms with Crippen molar-refractivity contribution < 1.29 is 9.18 Å². The Balaban J connectivity index is 3.04. The summed E-state index contributed by atoms with van der Waals surface area (Å²) in [6, 6.07) is 0. The number of rotatable bonds is 6. The van der Waals surface area contributed by atoms with Gasteiger partial charge in [0.15, 0.2) is 6.30 Å². The highest BCUT2D eigenvalue weighted by Gasteiger charge is 2.01. The molecule has 0 saturated carbocycles. The summed E-state index contributed by atoms with van der Waals surface area (Å²) < 4.78 is 12.4. The van der Waals surface area contributed by atoms with Crippen LogP contribution in [0.1, 0.15) is 32.6 Å². The first-order chi connectivity index (χ1) is 4.81. The van der Waals surface area contributed by atoms with E-state index in [0.29, 0.717) is 12.8 Å². The van der Waals surface area contributed by atoms with Crippen LogP contribution < -0.4 is 5.32 Å². The van der Waals surface area contributed by atoms with Gasteiger partial charge < -0.3 is 5.32 Å². The highest BCUT2D eigenvalue weighted by Crippen LogP contribution is 2.02. The number of unbranched alkanes of at least 4 members (excludes halogenated alkanes) is 2. The molecule has 10 heavy (non-hydrogen) atoms. The van der Waals surface area contributed by atoms with E-state index in [2.05, 4.69) is 12.2 Å². The maximum absolute atomic E-state index is 12.4. The molecule has 0 aliphatic rings. The fourth-order valence-electron chi connectivity index (χ4n) is 0.731. The molecule has 0 aromatic carbocycles. The molecule has 0 fully saturated rings. The Morgan fingerprint density at radius 2 is 2.30 bits per heavy atom. The van der Waals surface area contributed by atoms with E-state index in [-0.39, 0.29) is 0 Å². The van der Waals surface area contributed by atoms with Gasteiger partial charge in [0.2, 0.25) is 6.41 Å². The third-order valence-corrected chi connectivity index (χ3v) is 1.31. The minimum absolute atomic E-state index is 0.399. The lowest BCUT2D eigenvalue weighted by Crippen LogP contribution is -2.22. The Labute approximate surface area is 60.8 Å². The number of hydrogen-bond acceptors (Lipinski definition) is 1.